The van der Waals surface area contributed by atoms with Crippen LogP contribution in [0.1, 0.15) is 68.8 Å². The molecule has 3 rings (SSSR count). The highest BCUT2D eigenvalue weighted by molar-refractivity contribution is 6.16. The number of esters is 1. The lowest BCUT2D eigenvalue weighted by atomic mass is 9.77. The van der Waals surface area contributed by atoms with Crippen molar-refractivity contribution in [1.29, 1.82) is 0 Å². The van der Waals surface area contributed by atoms with Crippen LogP contribution >= 0.6 is 0 Å². The van der Waals surface area contributed by atoms with Crippen LogP contribution in [-0.2, 0) is 20.7 Å². The molecule has 26 heavy (non-hydrogen) atoms. The fourth-order valence-electron chi connectivity index (χ4n) is 3.84. The van der Waals surface area contributed by atoms with Crippen molar-refractivity contribution in [2.45, 2.75) is 64.9 Å². The molecule has 0 saturated carbocycles. The molecule has 0 unspecified atom stereocenters. The molecule has 1 atom stereocenters. The molecule has 0 N–H and O–H groups in total. The lowest BCUT2D eigenvalue weighted by molar-refractivity contribution is -0.164. The number of Topliss-reactive ketones (excluding diaryl/α,β-unsaturated/α-hetero) is 1. The van der Waals surface area contributed by atoms with Gasteiger partial charge in [0.25, 0.3) is 0 Å². The van der Waals surface area contributed by atoms with Crippen molar-refractivity contribution in [3.8, 4) is 0 Å². The minimum Gasteiger partial charge on any atom is -0.459 e. The van der Waals surface area contributed by atoms with E-state index in [1.54, 1.807) is 12.1 Å². The van der Waals surface area contributed by atoms with Gasteiger partial charge < -0.3 is 4.74 Å². The number of carbonyl (C=O) groups is 3. The van der Waals surface area contributed by atoms with Crippen molar-refractivity contribution in [2.24, 2.45) is 5.41 Å². The molecule has 0 heterocycles. The molecule has 1 aromatic carbocycles. The predicted octanol–water partition coefficient (Wildman–Crippen LogP) is 4.21. The van der Waals surface area contributed by atoms with Crippen molar-refractivity contribution in [1.82, 2.24) is 0 Å². The van der Waals surface area contributed by atoms with Crippen molar-refractivity contribution in [3.05, 3.63) is 47.0 Å². The van der Waals surface area contributed by atoms with Crippen LogP contribution in [0.15, 0.2) is 35.9 Å². The zero-order valence-electron chi connectivity index (χ0n) is 15.8. The highest BCUT2D eigenvalue weighted by Gasteiger charge is 2.53. The van der Waals surface area contributed by atoms with E-state index in [1.165, 1.54) is 0 Å². The quantitative estimate of drug-likeness (QED) is 0.600. The second-order valence-corrected chi connectivity index (χ2v) is 8.37. The SMILES string of the molecule is CC(C)(C)OC(=O)[C@]1(CCC2=CC(=O)CCC2)Cc2ccccc2C1=O. The molecule has 0 saturated heterocycles. The third-order valence-corrected chi connectivity index (χ3v) is 5.14. The number of benzene rings is 1. The van der Waals surface area contributed by atoms with Gasteiger partial charge in [-0.1, -0.05) is 29.8 Å². The molecule has 138 valence electrons. The van der Waals surface area contributed by atoms with Crippen LogP contribution < -0.4 is 0 Å². The van der Waals surface area contributed by atoms with Gasteiger partial charge >= 0.3 is 5.97 Å². The molecule has 0 radical (unpaired) electrons. The summed E-state index contributed by atoms with van der Waals surface area (Å²) in [6, 6.07) is 7.40. The first-order chi connectivity index (χ1) is 12.2. The Kier molecular flexibility index (Phi) is 4.87. The van der Waals surface area contributed by atoms with Gasteiger partial charge in [-0.3, -0.25) is 14.4 Å². The molecule has 0 amide bonds. The van der Waals surface area contributed by atoms with Crippen molar-refractivity contribution in [3.63, 3.8) is 0 Å². The minimum atomic E-state index is -1.18. The summed E-state index contributed by atoms with van der Waals surface area (Å²) in [7, 11) is 0. The average Bonchev–Trinajstić information content (AvgIpc) is 2.85. The molecular weight excluding hydrogens is 328 g/mol. The van der Waals surface area contributed by atoms with Gasteiger partial charge in [-0.15, -0.1) is 0 Å². The Labute approximate surface area is 154 Å². The second kappa shape index (κ2) is 6.82. The van der Waals surface area contributed by atoms with Gasteiger partial charge in [0.1, 0.15) is 11.0 Å². The van der Waals surface area contributed by atoms with Gasteiger partial charge in [-0.05, 0) is 64.5 Å². The smallest absolute Gasteiger partial charge is 0.320 e. The van der Waals surface area contributed by atoms with Crippen LogP contribution in [0, 0.1) is 5.41 Å². The summed E-state index contributed by atoms with van der Waals surface area (Å²) in [6.45, 7) is 5.44. The Hall–Kier alpha value is -2.23. The molecule has 0 bridgehead atoms. The number of carbonyl (C=O) groups excluding carboxylic acids is 3. The maximum absolute atomic E-state index is 13.2. The minimum absolute atomic E-state index is 0.138. The number of rotatable bonds is 4. The number of hydrogen-bond acceptors (Lipinski definition) is 4. The third kappa shape index (κ3) is 3.64. The summed E-state index contributed by atoms with van der Waals surface area (Å²) in [5, 5.41) is 0. The van der Waals surface area contributed by atoms with Gasteiger partial charge in [0.05, 0.1) is 0 Å². The lowest BCUT2D eigenvalue weighted by Crippen LogP contribution is -2.42. The summed E-state index contributed by atoms with van der Waals surface area (Å²) in [5.41, 5.74) is 0.717. The fourth-order valence-corrected chi connectivity index (χ4v) is 3.84. The normalized spacial score (nSPS) is 22.8. The molecule has 2 aliphatic carbocycles. The molecule has 1 aromatic rings. The molecule has 0 aromatic heterocycles. The van der Waals surface area contributed by atoms with Crippen LogP contribution in [0.4, 0.5) is 0 Å². The van der Waals surface area contributed by atoms with E-state index in [9.17, 15) is 14.4 Å². The van der Waals surface area contributed by atoms with Gasteiger partial charge in [-0.25, -0.2) is 0 Å². The van der Waals surface area contributed by atoms with Crippen LogP contribution in [-0.4, -0.2) is 23.1 Å². The maximum atomic E-state index is 13.2. The lowest BCUT2D eigenvalue weighted by Gasteiger charge is -2.30. The number of ketones is 2. The first-order valence-corrected chi connectivity index (χ1v) is 9.30. The summed E-state index contributed by atoms with van der Waals surface area (Å²) in [4.78, 5) is 37.9. The Morgan fingerprint density at radius 3 is 2.54 bits per heavy atom. The monoisotopic (exact) mass is 354 g/mol. The molecule has 4 heteroatoms. The molecule has 0 aliphatic heterocycles. The van der Waals surface area contributed by atoms with Crippen molar-refractivity contribution in [2.75, 3.05) is 0 Å². The van der Waals surface area contributed by atoms with Crippen LogP contribution in [0.3, 0.4) is 0 Å². The van der Waals surface area contributed by atoms with Gasteiger partial charge in [-0.2, -0.15) is 0 Å². The van der Waals surface area contributed by atoms with E-state index in [0.29, 0.717) is 31.2 Å². The van der Waals surface area contributed by atoms with Gasteiger partial charge in [0.15, 0.2) is 11.6 Å². The summed E-state index contributed by atoms with van der Waals surface area (Å²) < 4.78 is 5.64. The van der Waals surface area contributed by atoms with Crippen LogP contribution in [0.2, 0.25) is 0 Å². The molecular formula is C22H26O4. The summed E-state index contributed by atoms with van der Waals surface area (Å²) >= 11 is 0. The van der Waals surface area contributed by atoms with E-state index < -0.39 is 17.0 Å². The van der Waals surface area contributed by atoms with Crippen molar-refractivity contribution >= 4 is 17.5 Å². The first-order valence-electron chi connectivity index (χ1n) is 9.30. The third-order valence-electron chi connectivity index (χ3n) is 5.14. The highest BCUT2D eigenvalue weighted by Crippen LogP contribution is 2.43. The molecule has 0 spiro atoms. The topological polar surface area (TPSA) is 60.4 Å². The van der Waals surface area contributed by atoms with E-state index in [1.807, 2.05) is 39.0 Å². The first kappa shape index (κ1) is 18.6. The molecule has 4 nitrogen and oxygen atoms in total. The second-order valence-electron chi connectivity index (χ2n) is 8.37. The predicted molar refractivity (Wildman–Crippen MR) is 98.9 cm³/mol. The highest BCUT2D eigenvalue weighted by atomic mass is 16.6. The zero-order valence-corrected chi connectivity index (χ0v) is 15.8. The standard InChI is InChI=1S/C22H26O4/c1-21(2,3)26-20(25)22(12-11-15-7-6-9-17(23)13-15)14-16-8-4-5-10-18(16)19(22)24/h4-5,8,10,13H,6-7,9,11-12,14H2,1-3H3/t22-/m1/s1. The fraction of sp³-hybridized carbons (Fsp3) is 0.500. The zero-order chi connectivity index (χ0) is 18.9. The maximum Gasteiger partial charge on any atom is 0.320 e. The average molecular weight is 354 g/mol. The number of hydrogen-bond donors (Lipinski definition) is 0. The summed E-state index contributed by atoms with van der Waals surface area (Å²) in [6.07, 6.45) is 5.32. The van der Waals surface area contributed by atoms with Crippen molar-refractivity contribution < 1.29 is 19.1 Å². The Morgan fingerprint density at radius 2 is 1.88 bits per heavy atom. The van der Waals surface area contributed by atoms with Gasteiger partial charge in [0.2, 0.25) is 0 Å². The van der Waals surface area contributed by atoms with Crippen LogP contribution in [0.25, 0.3) is 0 Å². The molecule has 2 aliphatic rings. The van der Waals surface area contributed by atoms with E-state index in [0.717, 1.165) is 24.0 Å². The van der Waals surface area contributed by atoms with Gasteiger partial charge in [0, 0.05) is 12.0 Å². The van der Waals surface area contributed by atoms with E-state index in [2.05, 4.69) is 0 Å². The van der Waals surface area contributed by atoms with E-state index >= 15 is 0 Å². The number of fused-ring (bicyclic) bond motifs is 1. The largest absolute Gasteiger partial charge is 0.459 e. The Balaban J connectivity index is 1.89. The Bertz CT molecular complexity index is 782. The Morgan fingerprint density at radius 1 is 1.15 bits per heavy atom. The van der Waals surface area contributed by atoms with Crippen LogP contribution in [0.5, 0.6) is 0 Å². The van der Waals surface area contributed by atoms with E-state index in [4.69, 9.17) is 4.74 Å². The number of ether oxygens (including phenoxy) is 1. The summed E-state index contributed by atoms with van der Waals surface area (Å²) in [5.74, 6) is -0.461. The number of allylic oxidation sites excluding steroid dienone is 2. The van der Waals surface area contributed by atoms with E-state index in [-0.39, 0.29) is 11.6 Å². The molecule has 0 fully saturated rings.